The Morgan fingerprint density at radius 1 is 1.21 bits per heavy atom. The largest absolute Gasteiger partial charge is 0.469 e. The Morgan fingerprint density at radius 3 is 2.46 bits per heavy atom. The van der Waals surface area contributed by atoms with E-state index >= 15 is 0 Å². The number of aldehydes is 1. The van der Waals surface area contributed by atoms with Crippen molar-refractivity contribution >= 4 is 30.0 Å². The van der Waals surface area contributed by atoms with Gasteiger partial charge in [0.25, 0.3) is 0 Å². The Bertz CT molecular complexity index is 730. The summed E-state index contributed by atoms with van der Waals surface area (Å²) in [5.74, 6) is -3.83. The topological polar surface area (TPSA) is 113 Å². The molecule has 1 heterocycles. The second-order valence-electron chi connectivity index (χ2n) is 8.66. The molecule has 0 radical (unpaired) electrons. The molecule has 8 nitrogen and oxygen atoms in total. The van der Waals surface area contributed by atoms with E-state index in [0.717, 1.165) is 0 Å². The van der Waals surface area contributed by atoms with Crippen molar-refractivity contribution < 1.29 is 38.2 Å². The van der Waals surface area contributed by atoms with Gasteiger partial charge in [0.2, 0.25) is 0 Å². The van der Waals surface area contributed by atoms with Crippen molar-refractivity contribution in [3.05, 3.63) is 0 Å². The van der Waals surface area contributed by atoms with Crippen molar-refractivity contribution in [2.75, 3.05) is 7.11 Å². The third kappa shape index (κ3) is 2.93. The Hall–Kier alpha value is -2.25. The summed E-state index contributed by atoms with van der Waals surface area (Å²) in [5, 5.41) is 0. The van der Waals surface area contributed by atoms with Gasteiger partial charge in [0, 0.05) is 19.3 Å². The van der Waals surface area contributed by atoms with E-state index in [1.165, 1.54) is 14.0 Å². The molecule has 8 heteroatoms. The fraction of sp³-hybridized carbons (Fsp3) is 0.750. The molecule has 2 aliphatic carbocycles. The number of carbonyl (C=O) groups excluding carboxylic acids is 5. The van der Waals surface area contributed by atoms with Gasteiger partial charge in [0.1, 0.15) is 0 Å². The van der Waals surface area contributed by atoms with Crippen LogP contribution in [0.5, 0.6) is 0 Å². The molecule has 0 aromatic carbocycles. The van der Waals surface area contributed by atoms with Crippen LogP contribution >= 0.6 is 0 Å². The zero-order valence-corrected chi connectivity index (χ0v) is 16.6. The summed E-state index contributed by atoms with van der Waals surface area (Å²) < 4.78 is 15.4. The van der Waals surface area contributed by atoms with Crippen molar-refractivity contribution in [3.63, 3.8) is 0 Å². The molecule has 0 N–H and O–H groups in total. The number of hydrogen-bond donors (Lipinski definition) is 0. The predicted molar refractivity (Wildman–Crippen MR) is 93.7 cm³/mol. The fourth-order valence-corrected chi connectivity index (χ4v) is 5.94. The van der Waals surface area contributed by atoms with E-state index in [0.29, 0.717) is 19.1 Å². The lowest BCUT2D eigenvalue weighted by molar-refractivity contribution is -0.208. The van der Waals surface area contributed by atoms with E-state index < -0.39 is 58.7 Å². The Morgan fingerprint density at radius 2 is 1.89 bits per heavy atom. The van der Waals surface area contributed by atoms with Gasteiger partial charge < -0.3 is 14.2 Å². The summed E-state index contributed by atoms with van der Waals surface area (Å²) >= 11 is 0. The van der Waals surface area contributed by atoms with Crippen LogP contribution in [0.1, 0.15) is 46.5 Å². The molecule has 0 bridgehead atoms. The zero-order chi connectivity index (χ0) is 20.9. The van der Waals surface area contributed by atoms with Crippen LogP contribution in [0, 0.1) is 28.6 Å². The Kier molecular flexibility index (Phi) is 5.10. The molecule has 0 amide bonds. The lowest BCUT2D eigenvalue weighted by Crippen LogP contribution is -2.65. The van der Waals surface area contributed by atoms with Gasteiger partial charge in [0.15, 0.2) is 24.3 Å². The molecule has 2 saturated carbocycles. The molecule has 0 spiro atoms. The SMILES string of the molecule is COC(=O)[C@@H]1C[C@H](OC(C)=O)C(=O)[C@H]2[C@@]1(C)CC[C@H]1C(=O)O[C@H](C=O)C[C@]21C. The number of fused-ring (bicyclic) bond motifs is 3. The molecular formula is C20H26O8. The molecule has 0 aromatic rings. The lowest BCUT2D eigenvalue weighted by atomic mass is 9.43. The number of hydrogen-bond acceptors (Lipinski definition) is 8. The monoisotopic (exact) mass is 394 g/mol. The summed E-state index contributed by atoms with van der Waals surface area (Å²) in [6.07, 6.45) is -0.290. The molecule has 3 fully saturated rings. The van der Waals surface area contributed by atoms with Gasteiger partial charge in [-0.15, -0.1) is 0 Å². The third-order valence-corrected chi connectivity index (χ3v) is 7.07. The Labute approximate surface area is 163 Å². The average Bonchev–Trinajstić information content (AvgIpc) is 2.61. The van der Waals surface area contributed by atoms with Crippen LogP contribution in [0.4, 0.5) is 0 Å². The number of cyclic esters (lactones) is 1. The van der Waals surface area contributed by atoms with E-state index in [-0.39, 0.29) is 18.6 Å². The van der Waals surface area contributed by atoms with E-state index in [1.807, 2.05) is 6.92 Å². The molecule has 3 aliphatic rings. The first-order chi connectivity index (χ1) is 13.1. The predicted octanol–water partition coefficient (Wildman–Crippen LogP) is 1.23. The summed E-state index contributed by atoms with van der Waals surface area (Å²) in [6.45, 7) is 4.87. The van der Waals surface area contributed by atoms with Crippen molar-refractivity contribution in [2.24, 2.45) is 28.6 Å². The van der Waals surface area contributed by atoms with Crippen LogP contribution in [0.3, 0.4) is 0 Å². The van der Waals surface area contributed by atoms with E-state index in [1.54, 1.807) is 6.92 Å². The first-order valence-corrected chi connectivity index (χ1v) is 9.53. The van der Waals surface area contributed by atoms with Gasteiger partial charge in [-0.2, -0.15) is 0 Å². The molecule has 0 unspecified atom stereocenters. The van der Waals surface area contributed by atoms with E-state index in [2.05, 4.69) is 0 Å². The minimum atomic E-state index is -1.08. The number of rotatable bonds is 3. The summed E-state index contributed by atoms with van der Waals surface area (Å²) in [7, 11) is 1.28. The van der Waals surface area contributed by atoms with Gasteiger partial charge in [-0.3, -0.25) is 24.0 Å². The highest BCUT2D eigenvalue weighted by Gasteiger charge is 2.67. The third-order valence-electron chi connectivity index (χ3n) is 7.07. The van der Waals surface area contributed by atoms with Crippen molar-refractivity contribution in [1.29, 1.82) is 0 Å². The van der Waals surface area contributed by atoms with Crippen LogP contribution in [-0.2, 0) is 38.2 Å². The van der Waals surface area contributed by atoms with Crippen molar-refractivity contribution in [2.45, 2.75) is 58.7 Å². The Balaban J connectivity index is 2.11. The highest BCUT2D eigenvalue weighted by Crippen LogP contribution is 2.63. The van der Waals surface area contributed by atoms with Gasteiger partial charge in [-0.05, 0) is 30.1 Å². The molecule has 0 aromatic heterocycles. The number of esters is 3. The van der Waals surface area contributed by atoms with Crippen LogP contribution in [0.15, 0.2) is 0 Å². The molecule has 1 saturated heterocycles. The highest BCUT2D eigenvalue weighted by molar-refractivity contribution is 5.93. The van der Waals surface area contributed by atoms with Gasteiger partial charge >= 0.3 is 17.9 Å². The van der Waals surface area contributed by atoms with Crippen LogP contribution in [0.2, 0.25) is 0 Å². The lowest BCUT2D eigenvalue weighted by Gasteiger charge is -2.60. The first kappa shape index (κ1) is 20.5. The molecule has 154 valence electrons. The molecule has 28 heavy (non-hydrogen) atoms. The van der Waals surface area contributed by atoms with E-state index in [9.17, 15) is 24.0 Å². The minimum Gasteiger partial charge on any atom is -0.469 e. The van der Waals surface area contributed by atoms with Crippen LogP contribution in [0.25, 0.3) is 0 Å². The van der Waals surface area contributed by atoms with Crippen LogP contribution in [-0.4, -0.2) is 49.3 Å². The maximum absolute atomic E-state index is 13.4. The average molecular weight is 394 g/mol. The zero-order valence-electron chi connectivity index (χ0n) is 16.6. The minimum absolute atomic E-state index is 0.0559. The second kappa shape index (κ2) is 6.97. The summed E-state index contributed by atoms with van der Waals surface area (Å²) in [6, 6.07) is 0. The quantitative estimate of drug-likeness (QED) is 0.399. The molecule has 3 rings (SSSR count). The smallest absolute Gasteiger partial charge is 0.310 e. The highest BCUT2D eigenvalue weighted by atomic mass is 16.6. The van der Waals surface area contributed by atoms with Crippen molar-refractivity contribution in [1.82, 2.24) is 0 Å². The normalized spacial score (nSPS) is 42.5. The number of ketones is 1. The number of methoxy groups -OCH3 is 1. The van der Waals surface area contributed by atoms with Crippen molar-refractivity contribution in [3.8, 4) is 0 Å². The summed E-state index contributed by atoms with van der Waals surface area (Å²) in [4.78, 5) is 61.5. The fourth-order valence-electron chi connectivity index (χ4n) is 5.94. The maximum Gasteiger partial charge on any atom is 0.310 e. The van der Waals surface area contributed by atoms with Gasteiger partial charge in [-0.25, -0.2) is 0 Å². The van der Waals surface area contributed by atoms with Gasteiger partial charge in [0.05, 0.1) is 18.9 Å². The van der Waals surface area contributed by atoms with E-state index in [4.69, 9.17) is 14.2 Å². The van der Waals surface area contributed by atoms with Crippen LogP contribution < -0.4 is 0 Å². The number of Topliss-reactive ketones (excluding diaryl/α,β-unsaturated/α-hetero) is 1. The summed E-state index contributed by atoms with van der Waals surface area (Å²) in [5.41, 5.74) is -1.65. The molecule has 1 aliphatic heterocycles. The maximum atomic E-state index is 13.4. The number of ether oxygens (including phenoxy) is 3. The first-order valence-electron chi connectivity index (χ1n) is 9.53. The van der Waals surface area contributed by atoms with Gasteiger partial charge in [-0.1, -0.05) is 13.8 Å². The number of carbonyl (C=O) groups is 5. The molecule has 7 atom stereocenters. The second-order valence-corrected chi connectivity index (χ2v) is 8.66. The molecular weight excluding hydrogens is 368 g/mol. The standard InChI is InChI=1S/C20H26O8/c1-10(22)27-14-7-13(17(24)26-4)19(2)6-5-12-18(25)28-11(9-21)8-20(12,3)16(19)15(14)23/h9,11-14,16H,5-8H2,1-4H3/t11-,12-,13-,14-,16-,19-,20-/m0/s1.